The number of imidazole rings is 1. The summed E-state index contributed by atoms with van der Waals surface area (Å²) in [5.74, 6) is 0.757. The van der Waals surface area contributed by atoms with Crippen LogP contribution in [-0.4, -0.2) is 35.3 Å². The van der Waals surface area contributed by atoms with E-state index in [0.29, 0.717) is 19.0 Å². The first-order valence-corrected chi connectivity index (χ1v) is 6.80. The van der Waals surface area contributed by atoms with E-state index in [1.54, 1.807) is 6.92 Å². The molecule has 1 aromatic rings. The molecule has 1 aromatic heterocycles. The second-order valence-corrected chi connectivity index (χ2v) is 4.58. The molecule has 0 saturated carbocycles. The summed E-state index contributed by atoms with van der Waals surface area (Å²) in [5.41, 5.74) is 6.31. The van der Waals surface area contributed by atoms with E-state index in [-0.39, 0.29) is 11.7 Å². The molecule has 1 aliphatic rings. The number of hydrogen-bond acceptors (Lipinski definition) is 5. The minimum Gasteiger partial charge on any atom is -0.461 e. The van der Waals surface area contributed by atoms with Gasteiger partial charge in [-0.2, -0.15) is 0 Å². The lowest BCUT2D eigenvalue weighted by molar-refractivity contribution is 0.0519. The summed E-state index contributed by atoms with van der Waals surface area (Å²) in [6.07, 6.45) is 2.72. The summed E-state index contributed by atoms with van der Waals surface area (Å²) in [7, 11) is 0. The summed E-state index contributed by atoms with van der Waals surface area (Å²) in [6, 6.07) is 0.166. The number of esters is 1. The van der Waals surface area contributed by atoms with Gasteiger partial charge in [0.1, 0.15) is 11.6 Å². The molecule has 0 aliphatic carbocycles. The van der Waals surface area contributed by atoms with Crippen molar-refractivity contribution in [3.8, 4) is 0 Å². The molecule has 0 spiro atoms. The van der Waals surface area contributed by atoms with Gasteiger partial charge in [-0.15, -0.1) is 0 Å². The predicted octanol–water partition coefficient (Wildman–Crippen LogP) is 1.56. The van der Waals surface area contributed by atoms with Gasteiger partial charge in [-0.3, -0.25) is 0 Å². The van der Waals surface area contributed by atoms with Crippen LogP contribution in [0.4, 0.5) is 5.82 Å². The lowest BCUT2D eigenvalue weighted by atomic mass is 10.1. The van der Waals surface area contributed by atoms with Crippen LogP contribution in [0.5, 0.6) is 0 Å². The highest BCUT2D eigenvalue weighted by molar-refractivity contribution is 5.92. The molecule has 2 N–H and O–H groups in total. The second-order valence-electron chi connectivity index (χ2n) is 4.58. The monoisotopic (exact) mass is 267 g/mol. The van der Waals surface area contributed by atoms with Gasteiger partial charge < -0.3 is 19.8 Å². The van der Waals surface area contributed by atoms with E-state index in [1.165, 1.54) is 0 Å². The molecule has 19 heavy (non-hydrogen) atoms. The van der Waals surface area contributed by atoms with Gasteiger partial charge in [0.25, 0.3) is 0 Å². The average Bonchev–Trinajstić information content (AvgIpc) is 2.77. The molecule has 106 valence electrons. The van der Waals surface area contributed by atoms with Crippen LogP contribution in [-0.2, 0) is 15.9 Å². The fourth-order valence-corrected chi connectivity index (χ4v) is 2.43. The molecular weight excluding hydrogens is 246 g/mol. The Hall–Kier alpha value is -1.56. The topological polar surface area (TPSA) is 79.4 Å². The van der Waals surface area contributed by atoms with E-state index in [9.17, 15) is 4.79 Å². The summed E-state index contributed by atoms with van der Waals surface area (Å²) in [5, 5.41) is 0. The van der Waals surface area contributed by atoms with Gasteiger partial charge in [0.2, 0.25) is 0 Å². The van der Waals surface area contributed by atoms with Crippen molar-refractivity contribution < 1.29 is 14.3 Å². The first-order chi connectivity index (χ1) is 9.19. The standard InChI is InChI=1S/C13H21N3O3/c1-3-10-15-11(13(17)19-4-2)12(14)16(10)9-6-5-7-18-8-9/h9H,3-8,14H2,1-2H3. The van der Waals surface area contributed by atoms with Crippen LogP contribution in [0.25, 0.3) is 0 Å². The molecule has 0 amide bonds. The number of nitrogen functional groups attached to an aromatic ring is 1. The Morgan fingerprint density at radius 1 is 1.58 bits per heavy atom. The van der Waals surface area contributed by atoms with Crippen molar-refractivity contribution in [2.24, 2.45) is 0 Å². The highest BCUT2D eigenvalue weighted by atomic mass is 16.5. The van der Waals surface area contributed by atoms with Crippen molar-refractivity contribution in [2.75, 3.05) is 25.6 Å². The van der Waals surface area contributed by atoms with E-state index in [2.05, 4.69) is 4.98 Å². The Morgan fingerprint density at radius 2 is 2.37 bits per heavy atom. The fourth-order valence-electron chi connectivity index (χ4n) is 2.43. The fraction of sp³-hybridized carbons (Fsp3) is 0.692. The van der Waals surface area contributed by atoms with Gasteiger partial charge in [-0.1, -0.05) is 6.92 Å². The number of anilines is 1. The minimum absolute atomic E-state index is 0.166. The molecule has 1 fully saturated rings. The van der Waals surface area contributed by atoms with E-state index < -0.39 is 5.97 Å². The lowest BCUT2D eigenvalue weighted by Gasteiger charge is -2.25. The summed E-state index contributed by atoms with van der Waals surface area (Å²) >= 11 is 0. The first-order valence-electron chi connectivity index (χ1n) is 6.80. The van der Waals surface area contributed by atoms with E-state index in [0.717, 1.165) is 31.7 Å². The normalized spacial score (nSPS) is 19.4. The van der Waals surface area contributed by atoms with E-state index in [1.807, 2.05) is 11.5 Å². The molecule has 1 saturated heterocycles. The average molecular weight is 267 g/mol. The summed E-state index contributed by atoms with van der Waals surface area (Å²) in [6.45, 7) is 5.49. The number of hydrogen-bond donors (Lipinski definition) is 1. The smallest absolute Gasteiger partial charge is 0.360 e. The van der Waals surface area contributed by atoms with Crippen LogP contribution < -0.4 is 5.73 Å². The Labute approximate surface area is 112 Å². The van der Waals surface area contributed by atoms with Crippen molar-refractivity contribution in [3.63, 3.8) is 0 Å². The minimum atomic E-state index is -0.454. The maximum absolute atomic E-state index is 11.8. The van der Waals surface area contributed by atoms with Crippen LogP contribution >= 0.6 is 0 Å². The number of rotatable bonds is 4. The van der Waals surface area contributed by atoms with Crippen molar-refractivity contribution in [3.05, 3.63) is 11.5 Å². The van der Waals surface area contributed by atoms with Crippen molar-refractivity contribution in [1.29, 1.82) is 0 Å². The largest absolute Gasteiger partial charge is 0.461 e. The molecule has 1 aliphatic heterocycles. The van der Waals surface area contributed by atoms with Crippen LogP contribution in [0.1, 0.15) is 49.0 Å². The maximum Gasteiger partial charge on any atom is 0.360 e. The zero-order chi connectivity index (χ0) is 13.8. The number of carbonyl (C=O) groups is 1. The van der Waals surface area contributed by atoms with Gasteiger partial charge in [0.05, 0.1) is 19.3 Å². The molecule has 0 aromatic carbocycles. The first kappa shape index (κ1) is 13.9. The number of aromatic nitrogens is 2. The zero-order valence-corrected chi connectivity index (χ0v) is 11.5. The van der Waals surface area contributed by atoms with E-state index in [4.69, 9.17) is 15.2 Å². The highest BCUT2D eigenvalue weighted by Crippen LogP contribution is 2.27. The highest BCUT2D eigenvalue weighted by Gasteiger charge is 2.26. The van der Waals surface area contributed by atoms with Gasteiger partial charge in [-0.25, -0.2) is 9.78 Å². The number of nitrogens with zero attached hydrogens (tertiary/aromatic N) is 2. The zero-order valence-electron chi connectivity index (χ0n) is 11.5. The number of nitrogens with two attached hydrogens (primary N) is 1. The van der Waals surface area contributed by atoms with Crippen LogP contribution in [0, 0.1) is 0 Å². The molecule has 1 unspecified atom stereocenters. The third-order valence-corrected chi connectivity index (χ3v) is 3.31. The molecule has 6 heteroatoms. The van der Waals surface area contributed by atoms with E-state index >= 15 is 0 Å². The Balaban J connectivity index is 2.33. The van der Waals surface area contributed by atoms with Gasteiger partial charge in [-0.05, 0) is 19.8 Å². The van der Waals surface area contributed by atoms with Crippen LogP contribution in [0.3, 0.4) is 0 Å². The third kappa shape index (κ3) is 2.73. The summed E-state index contributed by atoms with van der Waals surface area (Å²) in [4.78, 5) is 16.2. The Kier molecular flexibility index (Phi) is 4.42. The summed E-state index contributed by atoms with van der Waals surface area (Å²) < 4.78 is 12.4. The number of ether oxygens (including phenoxy) is 2. The Bertz CT molecular complexity index is 450. The second kappa shape index (κ2) is 6.06. The number of aryl methyl sites for hydroxylation is 1. The molecule has 6 nitrogen and oxygen atoms in total. The molecule has 0 bridgehead atoms. The van der Waals surface area contributed by atoms with Crippen LogP contribution in [0.2, 0.25) is 0 Å². The SMILES string of the molecule is CCOC(=O)c1nc(CC)n(C2CCCOC2)c1N. The van der Waals surface area contributed by atoms with Crippen LogP contribution in [0.15, 0.2) is 0 Å². The quantitative estimate of drug-likeness (QED) is 0.837. The third-order valence-electron chi connectivity index (χ3n) is 3.31. The Morgan fingerprint density at radius 3 is 2.95 bits per heavy atom. The molecular formula is C13H21N3O3. The van der Waals surface area contributed by atoms with Crippen molar-refractivity contribution in [1.82, 2.24) is 9.55 Å². The van der Waals surface area contributed by atoms with Crippen molar-refractivity contribution in [2.45, 2.75) is 39.2 Å². The molecule has 0 radical (unpaired) electrons. The molecule has 2 heterocycles. The maximum atomic E-state index is 11.8. The van der Waals surface area contributed by atoms with Gasteiger partial charge in [0, 0.05) is 13.0 Å². The molecule has 1 atom stereocenters. The van der Waals surface area contributed by atoms with Gasteiger partial charge >= 0.3 is 5.97 Å². The van der Waals surface area contributed by atoms with Gasteiger partial charge in [0.15, 0.2) is 5.69 Å². The molecule has 2 rings (SSSR count). The number of carbonyl (C=O) groups excluding carboxylic acids is 1. The lowest BCUT2D eigenvalue weighted by Crippen LogP contribution is -2.24. The predicted molar refractivity (Wildman–Crippen MR) is 71.1 cm³/mol. The van der Waals surface area contributed by atoms with Crippen molar-refractivity contribution >= 4 is 11.8 Å².